The lowest BCUT2D eigenvalue weighted by Gasteiger charge is -2.34. The Balaban J connectivity index is 2.58. The molecule has 0 spiro atoms. The van der Waals surface area contributed by atoms with Gasteiger partial charge in [-0.1, -0.05) is 32.9 Å². The van der Waals surface area contributed by atoms with Crippen LogP contribution in [-0.4, -0.2) is 26.1 Å². The Morgan fingerprint density at radius 2 is 2.05 bits per heavy atom. The number of rotatable bonds is 7. The molecule has 0 aromatic carbocycles. The van der Waals surface area contributed by atoms with Gasteiger partial charge in [0.05, 0.1) is 6.20 Å². The van der Waals surface area contributed by atoms with Crippen LogP contribution in [0.4, 0.5) is 0 Å². The van der Waals surface area contributed by atoms with Crippen LogP contribution in [-0.2, 0) is 6.54 Å². The summed E-state index contributed by atoms with van der Waals surface area (Å²) in [4.78, 5) is 10.7. The highest BCUT2D eigenvalue weighted by molar-refractivity contribution is 5.84. The van der Waals surface area contributed by atoms with Crippen LogP contribution in [0.1, 0.15) is 57.4 Å². The van der Waals surface area contributed by atoms with Gasteiger partial charge in [0, 0.05) is 13.0 Å². The van der Waals surface area contributed by atoms with Crippen molar-refractivity contribution in [2.75, 3.05) is 0 Å². The minimum atomic E-state index is -1.05. The van der Waals surface area contributed by atoms with E-state index in [2.05, 4.69) is 43.9 Å². The molecular formula is C15H23N3O2. The smallest absolute Gasteiger partial charge is 0.358 e. The van der Waals surface area contributed by atoms with Crippen molar-refractivity contribution >= 4 is 5.97 Å². The second-order valence-electron chi connectivity index (χ2n) is 6.81. The van der Waals surface area contributed by atoms with Crippen LogP contribution in [0.15, 0.2) is 6.20 Å². The van der Waals surface area contributed by atoms with Crippen LogP contribution < -0.4 is 0 Å². The molecule has 1 rings (SSSR count). The molecule has 1 heterocycles. The van der Waals surface area contributed by atoms with E-state index in [0.29, 0.717) is 6.54 Å². The monoisotopic (exact) mass is 277 g/mol. The predicted molar refractivity (Wildman–Crippen MR) is 77.2 cm³/mol. The average Bonchev–Trinajstić information content (AvgIpc) is 2.73. The van der Waals surface area contributed by atoms with Crippen molar-refractivity contribution in [3.05, 3.63) is 11.9 Å². The second-order valence-corrected chi connectivity index (χ2v) is 6.81. The fourth-order valence-corrected chi connectivity index (χ4v) is 2.65. The van der Waals surface area contributed by atoms with Crippen molar-refractivity contribution in [3.8, 4) is 12.3 Å². The Morgan fingerprint density at radius 3 is 2.55 bits per heavy atom. The van der Waals surface area contributed by atoms with E-state index in [1.807, 2.05) is 0 Å². The minimum absolute atomic E-state index is 0.0181. The zero-order chi connectivity index (χ0) is 15.4. The van der Waals surface area contributed by atoms with Crippen molar-refractivity contribution in [1.29, 1.82) is 0 Å². The average molecular weight is 277 g/mol. The maximum atomic E-state index is 10.7. The highest BCUT2D eigenvalue weighted by Gasteiger charge is 2.28. The minimum Gasteiger partial charge on any atom is -0.476 e. The van der Waals surface area contributed by atoms with E-state index in [1.54, 1.807) is 4.68 Å². The third kappa shape index (κ3) is 5.04. The first kappa shape index (κ1) is 16.2. The number of hydrogen-bond acceptors (Lipinski definition) is 3. The summed E-state index contributed by atoms with van der Waals surface area (Å²) in [5.74, 6) is 1.68. The van der Waals surface area contributed by atoms with Gasteiger partial charge in [-0.2, -0.15) is 0 Å². The number of carboxylic acids is 1. The first-order chi connectivity index (χ1) is 9.15. The van der Waals surface area contributed by atoms with E-state index in [9.17, 15) is 4.79 Å². The van der Waals surface area contributed by atoms with E-state index in [4.69, 9.17) is 11.5 Å². The molecule has 20 heavy (non-hydrogen) atoms. The Bertz CT molecular complexity index is 509. The standard InChI is InChI=1S/C15H23N3O2/c1-6-7-14(2,3)11-15(4,5)8-9-18-10-12(13(19)20)16-17-18/h1,10H,7-9,11H2,2-5H3,(H,19,20). The van der Waals surface area contributed by atoms with Gasteiger partial charge in [0.2, 0.25) is 0 Å². The number of nitrogens with zero attached hydrogens (tertiary/aromatic N) is 3. The van der Waals surface area contributed by atoms with E-state index in [1.165, 1.54) is 6.20 Å². The predicted octanol–water partition coefficient (Wildman–Crippen LogP) is 2.83. The number of carbonyl (C=O) groups is 1. The van der Waals surface area contributed by atoms with E-state index in [-0.39, 0.29) is 16.5 Å². The fraction of sp³-hybridized carbons (Fsp3) is 0.667. The summed E-state index contributed by atoms with van der Waals surface area (Å²) < 4.78 is 1.58. The summed E-state index contributed by atoms with van der Waals surface area (Å²) in [6.45, 7) is 9.39. The largest absolute Gasteiger partial charge is 0.476 e. The summed E-state index contributed by atoms with van der Waals surface area (Å²) in [5.41, 5.74) is 0.193. The molecule has 1 N–H and O–H groups in total. The number of aryl methyl sites for hydroxylation is 1. The van der Waals surface area contributed by atoms with Crippen LogP contribution in [0.3, 0.4) is 0 Å². The maximum Gasteiger partial charge on any atom is 0.358 e. The van der Waals surface area contributed by atoms with Gasteiger partial charge in [-0.25, -0.2) is 4.79 Å². The summed E-state index contributed by atoms with van der Waals surface area (Å²) in [6, 6.07) is 0. The molecule has 5 nitrogen and oxygen atoms in total. The topological polar surface area (TPSA) is 68.0 Å². The van der Waals surface area contributed by atoms with Crippen LogP contribution in [0.5, 0.6) is 0 Å². The first-order valence-corrected chi connectivity index (χ1v) is 6.72. The third-order valence-electron chi connectivity index (χ3n) is 3.31. The number of hydrogen-bond donors (Lipinski definition) is 1. The van der Waals surface area contributed by atoms with E-state index in [0.717, 1.165) is 19.3 Å². The first-order valence-electron chi connectivity index (χ1n) is 6.72. The molecule has 0 amide bonds. The number of aromatic nitrogens is 3. The lowest BCUT2D eigenvalue weighted by Crippen LogP contribution is -2.24. The summed E-state index contributed by atoms with van der Waals surface area (Å²) in [7, 11) is 0. The summed E-state index contributed by atoms with van der Waals surface area (Å²) >= 11 is 0. The molecule has 1 aromatic rings. The number of aromatic carboxylic acids is 1. The van der Waals surface area contributed by atoms with Crippen LogP contribution >= 0.6 is 0 Å². The number of terminal acetylenes is 1. The molecule has 0 aliphatic carbocycles. The molecule has 0 radical (unpaired) electrons. The van der Waals surface area contributed by atoms with Crippen molar-refractivity contribution in [2.24, 2.45) is 10.8 Å². The van der Waals surface area contributed by atoms with Gasteiger partial charge in [0.1, 0.15) is 0 Å². The quantitative estimate of drug-likeness (QED) is 0.778. The lowest BCUT2D eigenvalue weighted by atomic mass is 9.72. The zero-order valence-corrected chi connectivity index (χ0v) is 12.7. The molecule has 0 aliphatic rings. The molecule has 5 heteroatoms. The Labute approximate surface area is 120 Å². The van der Waals surface area contributed by atoms with Gasteiger partial charge in [-0.3, -0.25) is 4.68 Å². The SMILES string of the molecule is C#CCC(C)(C)CC(C)(C)CCn1cc(C(=O)O)nn1. The fourth-order valence-electron chi connectivity index (χ4n) is 2.65. The highest BCUT2D eigenvalue weighted by Crippen LogP contribution is 2.38. The van der Waals surface area contributed by atoms with Gasteiger partial charge < -0.3 is 5.11 Å². The van der Waals surface area contributed by atoms with Crippen LogP contribution in [0.2, 0.25) is 0 Å². The number of carboxylic acid groups (broad SMARTS) is 1. The summed E-state index contributed by atoms with van der Waals surface area (Å²) in [5, 5.41) is 16.2. The molecule has 0 unspecified atom stereocenters. The Hall–Kier alpha value is -1.83. The van der Waals surface area contributed by atoms with E-state index < -0.39 is 5.97 Å². The molecule has 0 saturated carbocycles. The highest BCUT2D eigenvalue weighted by atomic mass is 16.4. The van der Waals surface area contributed by atoms with Gasteiger partial charge in [0.15, 0.2) is 5.69 Å². The Kier molecular flexibility index (Phi) is 4.93. The van der Waals surface area contributed by atoms with Gasteiger partial charge in [-0.15, -0.1) is 17.4 Å². The lowest BCUT2D eigenvalue weighted by molar-refractivity contribution is 0.0690. The van der Waals surface area contributed by atoms with Crippen LogP contribution in [0.25, 0.3) is 0 Å². The molecule has 0 bridgehead atoms. The van der Waals surface area contributed by atoms with Crippen LogP contribution in [0, 0.1) is 23.2 Å². The molecule has 0 aliphatic heterocycles. The molecule has 110 valence electrons. The molecule has 0 fully saturated rings. The molecular weight excluding hydrogens is 254 g/mol. The van der Waals surface area contributed by atoms with Crippen molar-refractivity contribution in [1.82, 2.24) is 15.0 Å². The zero-order valence-electron chi connectivity index (χ0n) is 12.7. The Morgan fingerprint density at radius 1 is 1.40 bits per heavy atom. The van der Waals surface area contributed by atoms with Crippen molar-refractivity contribution < 1.29 is 9.90 Å². The van der Waals surface area contributed by atoms with Crippen molar-refractivity contribution in [2.45, 2.75) is 53.5 Å². The third-order valence-corrected chi connectivity index (χ3v) is 3.31. The van der Waals surface area contributed by atoms with Gasteiger partial charge >= 0.3 is 5.97 Å². The molecule has 0 saturated heterocycles. The molecule has 0 atom stereocenters. The van der Waals surface area contributed by atoms with Gasteiger partial charge in [-0.05, 0) is 23.7 Å². The summed E-state index contributed by atoms with van der Waals surface area (Å²) in [6.07, 6.45) is 9.51. The molecule has 1 aromatic heterocycles. The maximum absolute atomic E-state index is 10.7. The van der Waals surface area contributed by atoms with E-state index >= 15 is 0 Å². The normalized spacial score (nSPS) is 12.2. The van der Waals surface area contributed by atoms with Crippen molar-refractivity contribution in [3.63, 3.8) is 0 Å². The second kappa shape index (κ2) is 6.08. The van der Waals surface area contributed by atoms with Gasteiger partial charge in [0.25, 0.3) is 0 Å².